The molecule has 0 aliphatic carbocycles. The zero-order valence-electron chi connectivity index (χ0n) is 14.1. The summed E-state index contributed by atoms with van der Waals surface area (Å²) in [4.78, 5) is 21.0. The Hall–Kier alpha value is -2.78. The summed E-state index contributed by atoms with van der Waals surface area (Å²) >= 11 is 7.15. The highest BCUT2D eigenvalue weighted by Crippen LogP contribution is 2.34. The van der Waals surface area contributed by atoms with E-state index in [0.29, 0.717) is 32.8 Å². The number of carbonyl (C=O) groups excluding carboxylic acids is 1. The van der Waals surface area contributed by atoms with Crippen LogP contribution in [-0.4, -0.2) is 40.3 Å². The zero-order chi connectivity index (χ0) is 18.7. The van der Waals surface area contributed by atoms with E-state index >= 15 is 0 Å². The van der Waals surface area contributed by atoms with Gasteiger partial charge in [-0.1, -0.05) is 16.7 Å². The first-order valence-electron chi connectivity index (χ1n) is 7.37. The summed E-state index contributed by atoms with van der Waals surface area (Å²) in [7, 11) is 3.00. The average Bonchev–Trinajstić information content (AvgIpc) is 3.09. The number of pyridine rings is 2. The monoisotopic (exact) mass is 391 g/mol. The van der Waals surface area contributed by atoms with Crippen molar-refractivity contribution in [1.29, 1.82) is 0 Å². The fourth-order valence-electron chi connectivity index (χ4n) is 2.26. The van der Waals surface area contributed by atoms with E-state index in [1.807, 2.05) is 6.92 Å². The van der Waals surface area contributed by atoms with Crippen LogP contribution in [0.1, 0.15) is 16.1 Å². The number of methoxy groups -OCH3 is 2. The minimum absolute atomic E-state index is 0.287. The van der Waals surface area contributed by atoms with Gasteiger partial charge in [0, 0.05) is 23.0 Å². The molecule has 0 atom stereocenters. The second kappa shape index (κ2) is 7.63. The van der Waals surface area contributed by atoms with Gasteiger partial charge >= 0.3 is 0 Å². The SMILES string of the molecule is COc1nnc(NC(=O)c2cnc(C)cc2-c2cc(Cl)ncc2OC)s1. The molecule has 0 saturated heterocycles. The molecule has 0 radical (unpaired) electrons. The molecule has 3 aromatic rings. The summed E-state index contributed by atoms with van der Waals surface area (Å²) in [6, 6.07) is 3.42. The number of halogens is 1. The molecule has 3 aromatic heterocycles. The molecular formula is C16H14ClN5O3S. The molecule has 1 amide bonds. The first-order chi connectivity index (χ1) is 12.5. The van der Waals surface area contributed by atoms with Crippen molar-refractivity contribution in [3.05, 3.63) is 40.9 Å². The maximum atomic E-state index is 12.8. The van der Waals surface area contributed by atoms with Crippen LogP contribution in [-0.2, 0) is 0 Å². The Morgan fingerprint density at radius 3 is 2.62 bits per heavy atom. The number of carbonyl (C=O) groups is 1. The normalized spacial score (nSPS) is 10.5. The molecule has 26 heavy (non-hydrogen) atoms. The van der Waals surface area contributed by atoms with Crippen LogP contribution in [0.2, 0.25) is 5.15 Å². The predicted molar refractivity (Wildman–Crippen MR) is 98.2 cm³/mol. The van der Waals surface area contributed by atoms with Crippen LogP contribution in [0.15, 0.2) is 24.5 Å². The highest BCUT2D eigenvalue weighted by Gasteiger charge is 2.19. The van der Waals surface area contributed by atoms with Crippen molar-refractivity contribution in [2.24, 2.45) is 0 Å². The van der Waals surface area contributed by atoms with Crippen molar-refractivity contribution in [3.8, 4) is 22.1 Å². The molecule has 1 N–H and O–H groups in total. The number of hydrogen-bond donors (Lipinski definition) is 1. The van der Waals surface area contributed by atoms with E-state index in [-0.39, 0.29) is 11.1 Å². The van der Waals surface area contributed by atoms with Crippen LogP contribution < -0.4 is 14.8 Å². The molecular weight excluding hydrogens is 378 g/mol. The lowest BCUT2D eigenvalue weighted by Crippen LogP contribution is -2.14. The highest BCUT2D eigenvalue weighted by atomic mass is 35.5. The van der Waals surface area contributed by atoms with Crippen molar-refractivity contribution in [1.82, 2.24) is 20.2 Å². The summed E-state index contributed by atoms with van der Waals surface area (Å²) in [5.41, 5.74) is 2.33. The maximum Gasteiger partial charge on any atom is 0.295 e. The Morgan fingerprint density at radius 2 is 1.92 bits per heavy atom. The summed E-state index contributed by atoms with van der Waals surface area (Å²) in [5, 5.41) is 11.3. The summed E-state index contributed by atoms with van der Waals surface area (Å²) in [6.45, 7) is 1.83. The molecule has 8 nitrogen and oxygen atoms in total. The van der Waals surface area contributed by atoms with Gasteiger partial charge in [-0.15, -0.1) is 5.10 Å². The van der Waals surface area contributed by atoms with Gasteiger partial charge in [-0.05, 0) is 30.4 Å². The molecule has 3 rings (SSSR count). The van der Waals surface area contributed by atoms with Gasteiger partial charge in [0.1, 0.15) is 10.9 Å². The van der Waals surface area contributed by atoms with Crippen molar-refractivity contribution in [3.63, 3.8) is 0 Å². The van der Waals surface area contributed by atoms with E-state index in [1.165, 1.54) is 26.6 Å². The van der Waals surface area contributed by atoms with Gasteiger partial charge in [-0.2, -0.15) is 0 Å². The number of amides is 1. The summed E-state index contributed by atoms with van der Waals surface area (Å²) < 4.78 is 10.3. The number of rotatable bonds is 5. The molecule has 0 fully saturated rings. The van der Waals surface area contributed by atoms with Gasteiger partial charge in [-0.3, -0.25) is 15.1 Å². The van der Waals surface area contributed by atoms with Crippen LogP contribution in [0, 0.1) is 6.92 Å². The smallest absolute Gasteiger partial charge is 0.295 e. The van der Waals surface area contributed by atoms with Crippen LogP contribution in [0.5, 0.6) is 10.9 Å². The second-order valence-electron chi connectivity index (χ2n) is 5.11. The molecule has 0 spiro atoms. The fraction of sp³-hybridized carbons (Fsp3) is 0.188. The number of hydrogen-bond acceptors (Lipinski definition) is 8. The number of nitrogens with zero attached hydrogens (tertiary/aromatic N) is 4. The molecule has 0 unspecified atom stereocenters. The maximum absolute atomic E-state index is 12.8. The molecule has 0 bridgehead atoms. The lowest BCUT2D eigenvalue weighted by molar-refractivity contribution is 0.102. The van der Waals surface area contributed by atoms with Crippen molar-refractivity contribution < 1.29 is 14.3 Å². The number of anilines is 1. The predicted octanol–water partition coefficient (Wildman–Crippen LogP) is 3.23. The number of ether oxygens (including phenoxy) is 2. The molecule has 0 aliphatic rings. The molecule has 0 aliphatic heterocycles. The third kappa shape index (κ3) is 3.73. The Morgan fingerprint density at radius 1 is 1.12 bits per heavy atom. The first kappa shape index (κ1) is 18.0. The topological polar surface area (TPSA) is 99.1 Å². The lowest BCUT2D eigenvalue weighted by atomic mass is 10.0. The zero-order valence-corrected chi connectivity index (χ0v) is 15.7. The van der Waals surface area contributed by atoms with Gasteiger partial charge in [0.25, 0.3) is 11.1 Å². The Kier molecular flexibility index (Phi) is 5.29. The number of aryl methyl sites for hydroxylation is 1. The van der Waals surface area contributed by atoms with Crippen molar-refractivity contribution >= 4 is 34.0 Å². The van der Waals surface area contributed by atoms with Crippen LogP contribution in [0.4, 0.5) is 5.13 Å². The van der Waals surface area contributed by atoms with Gasteiger partial charge in [0.15, 0.2) is 0 Å². The Balaban J connectivity index is 2.03. The molecule has 134 valence electrons. The fourth-order valence-corrected chi connectivity index (χ4v) is 2.97. The largest absolute Gasteiger partial charge is 0.494 e. The number of nitrogens with one attached hydrogen (secondary N) is 1. The van der Waals surface area contributed by atoms with Crippen LogP contribution in [0.25, 0.3) is 11.1 Å². The standard InChI is InChI=1S/C16H14ClN5O3S/c1-8-4-9(10-5-13(17)19-7-12(10)24-2)11(6-18-8)14(23)20-15-21-22-16(25-3)26-15/h4-7H,1-3H3,(H,20,21,23). The third-order valence-electron chi connectivity index (χ3n) is 3.43. The minimum atomic E-state index is -0.388. The highest BCUT2D eigenvalue weighted by molar-refractivity contribution is 7.17. The quantitative estimate of drug-likeness (QED) is 0.666. The van der Waals surface area contributed by atoms with E-state index in [0.717, 1.165) is 17.0 Å². The Bertz CT molecular complexity index is 963. The van der Waals surface area contributed by atoms with Crippen molar-refractivity contribution in [2.45, 2.75) is 6.92 Å². The summed E-state index contributed by atoms with van der Waals surface area (Å²) in [5.74, 6) is 0.105. The molecule has 3 heterocycles. The first-order valence-corrected chi connectivity index (χ1v) is 8.56. The lowest BCUT2D eigenvalue weighted by Gasteiger charge is -2.13. The van der Waals surface area contributed by atoms with Crippen LogP contribution >= 0.6 is 22.9 Å². The van der Waals surface area contributed by atoms with E-state index in [4.69, 9.17) is 21.1 Å². The summed E-state index contributed by atoms with van der Waals surface area (Å²) in [6.07, 6.45) is 3.00. The third-order valence-corrected chi connectivity index (χ3v) is 4.44. The van der Waals surface area contributed by atoms with Crippen molar-refractivity contribution in [2.75, 3.05) is 19.5 Å². The van der Waals surface area contributed by atoms with Gasteiger partial charge in [-0.25, -0.2) is 4.98 Å². The minimum Gasteiger partial charge on any atom is -0.494 e. The molecule has 0 aromatic carbocycles. The van der Waals surface area contributed by atoms with Crippen LogP contribution in [0.3, 0.4) is 0 Å². The second-order valence-corrected chi connectivity index (χ2v) is 6.44. The van der Waals surface area contributed by atoms with Gasteiger partial charge in [0.05, 0.1) is 26.0 Å². The number of aromatic nitrogens is 4. The average molecular weight is 392 g/mol. The van der Waals surface area contributed by atoms with Gasteiger partial charge < -0.3 is 9.47 Å². The van der Waals surface area contributed by atoms with E-state index in [2.05, 4.69) is 25.5 Å². The van der Waals surface area contributed by atoms with E-state index < -0.39 is 0 Å². The molecule has 0 saturated carbocycles. The van der Waals surface area contributed by atoms with E-state index in [1.54, 1.807) is 12.1 Å². The Labute approximate surface area is 158 Å². The van der Waals surface area contributed by atoms with Gasteiger partial charge in [0.2, 0.25) is 5.13 Å². The molecule has 10 heteroatoms. The van der Waals surface area contributed by atoms with E-state index in [9.17, 15) is 4.79 Å².